The van der Waals surface area contributed by atoms with Crippen LogP contribution in [-0.4, -0.2) is 41.4 Å². The third-order valence-electron chi connectivity index (χ3n) is 3.44. The van der Waals surface area contributed by atoms with Gasteiger partial charge in [0.25, 0.3) is 5.69 Å². The summed E-state index contributed by atoms with van der Waals surface area (Å²) in [6.07, 6.45) is 1.79. The number of anilines is 1. The fourth-order valence-electron chi connectivity index (χ4n) is 2.22. The third kappa shape index (κ3) is 5.20. The summed E-state index contributed by atoms with van der Waals surface area (Å²) in [7, 11) is 0. The van der Waals surface area contributed by atoms with E-state index in [9.17, 15) is 14.9 Å². The zero-order chi connectivity index (χ0) is 15.4. The molecule has 1 aromatic carbocycles. The second-order valence-electron chi connectivity index (χ2n) is 5.08. The number of piperidine rings is 1. The summed E-state index contributed by atoms with van der Waals surface area (Å²) in [5.74, 6) is -0.139. The third-order valence-corrected chi connectivity index (χ3v) is 4.09. The van der Waals surface area contributed by atoms with E-state index in [0.29, 0.717) is 16.7 Å². The van der Waals surface area contributed by atoms with Gasteiger partial charge in [-0.15, -0.1) is 12.4 Å². The number of likely N-dealkylation sites (tertiary alicyclic amines) is 1. The van der Waals surface area contributed by atoms with Crippen LogP contribution in [0.15, 0.2) is 22.7 Å². The lowest BCUT2D eigenvalue weighted by Crippen LogP contribution is -2.43. The van der Waals surface area contributed by atoms with E-state index in [2.05, 4.69) is 26.1 Å². The summed E-state index contributed by atoms with van der Waals surface area (Å²) in [6, 6.07) is 4.48. The van der Waals surface area contributed by atoms with Crippen molar-refractivity contribution < 1.29 is 9.72 Å². The molecule has 1 saturated heterocycles. The van der Waals surface area contributed by atoms with E-state index in [4.69, 9.17) is 5.73 Å². The van der Waals surface area contributed by atoms with Crippen molar-refractivity contribution >= 4 is 45.6 Å². The van der Waals surface area contributed by atoms with Gasteiger partial charge in [-0.3, -0.25) is 19.8 Å². The summed E-state index contributed by atoms with van der Waals surface area (Å²) < 4.78 is 0.491. The first-order valence-corrected chi connectivity index (χ1v) is 7.46. The molecule has 1 fully saturated rings. The van der Waals surface area contributed by atoms with Crippen molar-refractivity contribution in [2.24, 2.45) is 5.73 Å². The number of non-ortho nitro benzene ring substituents is 1. The van der Waals surface area contributed by atoms with Gasteiger partial charge in [-0.25, -0.2) is 0 Å². The number of nitrogens with two attached hydrogens (primary N) is 1. The first-order chi connectivity index (χ1) is 9.95. The van der Waals surface area contributed by atoms with E-state index in [-0.39, 0.29) is 30.0 Å². The van der Waals surface area contributed by atoms with E-state index in [0.717, 1.165) is 25.9 Å². The highest BCUT2D eigenvalue weighted by Gasteiger charge is 2.19. The number of rotatable bonds is 4. The Morgan fingerprint density at radius 3 is 2.64 bits per heavy atom. The molecule has 0 spiro atoms. The largest absolute Gasteiger partial charge is 0.328 e. The maximum absolute atomic E-state index is 12.0. The maximum Gasteiger partial charge on any atom is 0.270 e. The molecule has 22 heavy (non-hydrogen) atoms. The van der Waals surface area contributed by atoms with Crippen LogP contribution in [0.25, 0.3) is 0 Å². The molecule has 1 aliphatic rings. The minimum Gasteiger partial charge on any atom is -0.328 e. The molecule has 0 atom stereocenters. The maximum atomic E-state index is 12.0. The lowest BCUT2D eigenvalue weighted by molar-refractivity contribution is -0.384. The van der Waals surface area contributed by atoms with Crippen LogP contribution >= 0.6 is 28.3 Å². The van der Waals surface area contributed by atoms with E-state index in [1.165, 1.54) is 18.2 Å². The van der Waals surface area contributed by atoms with Crippen molar-refractivity contribution in [3.63, 3.8) is 0 Å². The Bertz CT molecular complexity index is 550. The fourth-order valence-corrected chi connectivity index (χ4v) is 2.69. The molecular formula is C13H18BrClN4O3. The summed E-state index contributed by atoms with van der Waals surface area (Å²) in [5, 5.41) is 13.4. The monoisotopic (exact) mass is 392 g/mol. The summed E-state index contributed by atoms with van der Waals surface area (Å²) in [5.41, 5.74) is 6.33. The van der Waals surface area contributed by atoms with Crippen molar-refractivity contribution in [3.05, 3.63) is 32.8 Å². The van der Waals surface area contributed by atoms with Gasteiger partial charge in [0.15, 0.2) is 0 Å². The molecule has 3 N–H and O–H groups in total. The molecule has 1 heterocycles. The Balaban J connectivity index is 0.00000242. The number of nitro benzene ring substituents is 1. The number of benzene rings is 1. The molecule has 0 saturated carbocycles. The number of nitrogens with zero attached hydrogens (tertiary/aromatic N) is 2. The summed E-state index contributed by atoms with van der Waals surface area (Å²) in [4.78, 5) is 24.2. The van der Waals surface area contributed by atoms with Gasteiger partial charge < -0.3 is 11.1 Å². The van der Waals surface area contributed by atoms with Crippen LogP contribution in [0.3, 0.4) is 0 Å². The highest BCUT2D eigenvalue weighted by Crippen LogP contribution is 2.27. The Kier molecular flexibility index (Phi) is 7.21. The predicted molar refractivity (Wildman–Crippen MR) is 90.3 cm³/mol. The van der Waals surface area contributed by atoms with Crippen LogP contribution < -0.4 is 11.1 Å². The van der Waals surface area contributed by atoms with Crippen LogP contribution in [0.4, 0.5) is 11.4 Å². The molecule has 0 aliphatic carbocycles. The average molecular weight is 394 g/mol. The number of carbonyl (C=O) groups excluding carboxylic acids is 1. The Labute approximate surface area is 142 Å². The lowest BCUT2D eigenvalue weighted by atomic mass is 10.1. The molecule has 7 nitrogen and oxygen atoms in total. The van der Waals surface area contributed by atoms with Crippen molar-refractivity contribution in [2.75, 3.05) is 25.0 Å². The summed E-state index contributed by atoms with van der Waals surface area (Å²) >= 11 is 3.23. The number of halogens is 2. The molecule has 1 aliphatic heterocycles. The molecule has 9 heteroatoms. The van der Waals surface area contributed by atoms with Crippen molar-refractivity contribution in [3.8, 4) is 0 Å². The van der Waals surface area contributed by atoms with Crippen LogP contribution in [0, 0.1) is 10.1 Å². The van der Waals surface area contributed by atoms with Crippen molar-refractivity contribution in [2.45, 2.75) is 18.9 Å². The molecule has 122 valence electrons. The number of amides is 1. The minimum absolute atomic E-state index is 0. The van der Waals surface area contributed by atoms with Gasteiger partial charge in [0.05, 0.1) is 17.2 Å². The second-order valence-corrected chi connectivity index (χ2v) is 5.94. The van der Waals surface area contributed by atoms with Crippen LogP contribution in [0.2, 0.25) is 0 Å². The number of carbonyl (C=O) groups is 1. The second kappa shape index (κ2) is 8.42. The smallest absolute Gasteiger partial charge is 0.270 e. The normalized spacial score (nSPS) is 15.9. The van der Waals surface area contributed by atoms with Gasteiger partial charge in [-0.2, -0.15) is 0 Å². The van der Waals surface area contributed by atoms with Crippen molar-refractivity contribution in [1.29, 1.82) is 0 Å². The van der Waals surface area contributed by atoms with Gasteiger partial charge in [0, 0.05) is 35.7 Å². The molecular weight excluding hydrogens is 376 g/mol. The van der Waals surface area contributed by atoms with E-state index < -0.39 is 4.92 Å². The zero-order valence-electron chi connectivity index (χ0n) is 11.8. The molecule has 0 unspecified atom stereocenters. The number of hydrogen-bond acceptors (Lipinski definition) is 5. The molecule has 1 amide bonds. The minimum atomic E-state index is -0.479. The standard InChI is InChI=1S/C13H17BrN4O3.ClH/c14-11-7-10(18(20)21)1-2-12(11)16-13(19)8-17-5-3-9(15)4-6-17;/h1-2,7,9H,3-6,8,15H2,(H,16,19);1H. The first kappa shape index (κ1) is 18.8. The lowest BCUT2D eigenvalue weighted by Gasteiger charge is -2.29. The molecule has 0 bridgehead atoms. The highest BCUT2D eigenvalue weighted by atomic mass is 79.9. The summed E-state index contributed by atoms with van der Waals surface area (Å²) in [6.45, 7) is 1.93. The quantitative estimate of drug-likeness (QED) is 0.603. The van der Waals surface area contributed by atoms with E-state index >= 15 is 0 Å². The number of nitro groups is 1. The molecule has 0 radical (unpaired) electrons. The van der Waals surface area contributed by atoms with E-state index in [1.807, 2.05) is 0 Å². The number of nitrogens with one attached hydrogen (secondary N) is 1. The highest BCUT2D eigenvalue weighted by molar-refractivity contribution is 9.10. The van der Waals surface area contributed by atoms with Gasteiger partial charge in [0.1, 0.15) is 0 Å². The van der Waals surface area contributed by atoms with Gasteiger partial charge >= 0.3 is 0 Å². The van der Waals surface area contributed by atoms with E-state index in [1.54, 1.807) is 0 Å². The Hall–Kier alpha value is -1.22. The van der Waals surface area contributed by atoms with Gasteiger partial charge in [-0.1, -0.05) is 0 Å². The van der Waals surface area contributed by atoms with Crippen LogP contribution in [0.1, 0.15) is 12.8 Å². The van der Waals surface area contributed by atoms with Crippen molar-refractivity contribution in [1.82, 2.24) is 4.90 Å². The predicted octanol–water partition coefficient (Wildman–Crippen LogP) is 2.14. The SMILES string of the molecule is Cl.NC1CCN(CC(=O)Nc2ccc([N+](=O)[O-])cc2Br)CC1. The molecule has 2 rings (SSSR count). The van der Waals surface area contributed by atoms with Crippen LogP contribution in [-0.2, 0) is 4.79 Å². The molecule has 1 aromatic rings. The topological polar surface area (TPSA) is 102 Å². The fraction of sp³-hybridized carbons (Fsp3) is 0.462. The van der Waals surface area contributed by atoms with Crippen LogP contribution in [0.5, 0.6) is 0 Å². The van der Waals surface area contributed by atoms with Gasteiger partial charge in [-0.05, 0) is 34.8 Å². The average Bonchev–Trinajstić information content (AvgIpc) is 2.43. The molecule has 0 aromatic heterocycles. The Morgan fingerprint density at radius 1 is 1.45 bits per heavy atom. The first-order valence-electron chi connectivity index (χ1n) is 6.67. The Morgan fingerprint density at radius 2 is 2.09 bits per heavy atom. The number of hydrogen-bond donors (Lipinski definition) is 2. The van der Waals surface area contributed by atoms with Gasteiger partial charge in [0.2, 0.25) is 5.91 Å². The zero-order valence-corrected chi connectivity index (χ0v) is 14.2.